The molecular formula is C21H28ClNO3S. The van der Waals surface area contributed by atoms with E-state index in [1.54, 1.807) is 42.5 Å². The van der Waals surface area contributed by atoms with Crippen molar-refractivity contribution in [2.24, 2.45) is 5.92 Å². The van der Waals surface area contributed by atoms with Crippen molar-refractivity contribution in [3.05, 3.63) is 52.2 Å². The van der Waals surface area contributed by atoms with E-state index in [9.17, 15) is 9.90 Å². The summed E-state index contributed by atoms with van der Waals surface area (Å²) in [6.45, 7) is 2.28. The number of ether oxygens (including phenoxy) is 1. The highest BCUT2D eigenvalue weighted by atomic mass is 35.5. The van der Waals surface area contributed by atoms with Gasteiger partial charge in [0.15, 0.2) is 5.78 Å². The van der Waals surface area contributed by atoms with E-state index in [1.165, 1.54) is 30.6 Å². The van der Waals surface area contributed by atoms with Crippen molar-refractivity contribution in [1.82, 2.24) is 5.32 Å². The zero-order chi connectivity index (χ0) is 18.4. The molecule has 0 radical (unpaired) electrons. The molecule has 2 aromatic rings. The lowest BCUT2D eigenvalue weighted by atomic mass is 9.96. The first kappa shape index (κ1) is 21.9. The number of benzene rings is 1. The predicted octanol–water partition coefficient (Wildman–Crippen LogP) is 4.63. The molecule has 0 aliphatic heterocycles. The first-order valence-corrected chi connectivity index (χ1v) is 10.2. The summed E-state index contributed by atoms with van der Waals surface area (Å²) in [6.07, 6.45) is 4.54. The zero-order valence-corrected chi connectivity index (χ0v) is 17.2. The number of thiophene rings is 1. The van der Waals surface area contributed by atoms with Crippen molar-refractivity contribution in [1.29, 1.82) is 0 Å². The van der Waals surface area contributed by atoms with E-state index in [0.29, 0.717) is 29.8 Å². The fraction of sp³-hybridized carbons (Fsp3) is 0.476. The summed E-state index contributed by atoms with van der Waals surface area (Å²) >= 11 is 1.78. The molecule has 0 amide bonds. The second-order valence-corrected chi connectivity index (χ2v) is 7.97. The SMILES string of the molecule is CC(=O)c1ccc(OCC(O)CNC(c2cccs2)C2CCCC2)cc1.Cl. The van der Waals surface area contributed by atoms with Gasteiger partial charge in [-0.25, -0.2) is 0 Å². The molecule has 1 aromatic heterocycles. The third kappa shape index (κ3) is 6.32. The Morgan fingerprint density at radius 2 is 1.96 bits per heavy atom. The third-order valence-corrected chi connectivity index (χ3v) is 5.95. The first-order valence-electron chi connectivity index (χ1n) is 9.32. The fourth-order valence-electron chi connectivity index (χ4n) is 3.56. The van der Waals surface area contributed by atoms with Crippen LogP contribution in [0.15, 0.2) is 41.8 Å². The number of hydrogen-bond donors (Lipinski definition) is 2. The van der Waals surface area contributed by atoms with Gasteiger partial charge in [-0.1, -0.05) is 18.9 Å². The molecule has 1 fully saturated rings. The normalized spacial score (nSPS) is 16.5. The van der Waals surface area contributed by atoms with Crippen LogP contribution >= 0.6 is 23.7 Å². The molecule has 2 N–H and O–H groups in total. The number of Topliss-reactive ketones (excluding diaryl/α,β-unsaturated/α-hetero) is 1. The monoisotopic (exact) mass is 409 g/mol. The van der Waals surface area contributed by atoms with Gasteiger partial charge in [-0.05, 0) is 61.4 Å². The lowest BCUT2D eigenvalue weighted by Crippen LogP contribution is -2.36. The Hall–Kier alpha value is -1.40. The number of ketones is 1. The average molecular weight is 410 g/mol. The lowest BCUT2D eigenvalue weighted by molar-refractivity contribution is 0.100. The molecule has 4 nitrogen and oxygen atoms in total. The van der Waals surface area contributed by atoms with Crippen molar-refractivity contribution in [3.63, 3.8) is 0 Å². The van der Waals surface area contributed by atoms with E-state index >= 15 is 0 Å². The molecular weight excluding hydrogens is 382 g/mol. The van der Waals surface area contributed by atoms with Crippen LogP contribution in [-0.2, 0) is 0 Å². The van der Waals surface area contributed by atoms with E-state index in [-0.39, 0.29) is 24.8 Å². The lowest BCUT2D eigenvalue weighted by Gasteiger charge is -2.25. The molecule has 0 spiro atoms. The minimum atomic E-state index is -0.577. The second-order valence-electron chi connectivity index (χ2n) is 6.99. The third-order valence-electron chi connectivity index (χ3n) is 5.00. The summed E-state index contributed by atoms with van der Waals surface area (Å²) < 4.78 is 5.65. The Balaban J connectivity index is 0.00000261. The Kier molecular flexibility index (Phi) is 8.77. The van der Waals surface area contributed by atoms with E-state index in [1.807, 2.05) is 0 Å². The minimum Gasteiger partial charge on any atom is -0.491 e. The largest absolute Gasteiger partial charge is 0.491 e. The smallest absolute Gasteiger partial charge is 0.159 e. The minimum absolute atomic E-state index is 0. The van der Waals surface area contributed by atoms with Crippen LogP contribution < -0.4 is 10.1 Å². The fourth-order valence-corrected chi connectivity index (χ4v) is 4.45. The summed E-state index contributed by atoms with van der Waals surface area (Å²) in [5, 5.41) is 16.0. The second kappa shape index (κ2) is 10.8. The molecule has 1 aliphatic rings. The number of aliphatic hydroxyl groups excluding tert-OH is 1. The standard InChI is InChI=1S/C21H27NO3S.ClH/c1-15(23)16-8-10-19(11-9-16)25-14-18(24)13-22-21(17-5-2-3-6-17)20-7-4-12-26-20;/h4,7-12,17-18,21-22,24H,2-3,5-6,13-14H2,1H3;1H. The Bertz CT molecular complexity index is 684. The van der Waals surface area contributed by atoms with Crippen LogP contribution in [0.5, 0.6) is 5.75 Å². The van der Waals surface area contributed by atoms with E-state index in [4.69, 9.17) is 4.74 Å². The van der Waals surface area contributed by atoms with Crippen LogP contribution in [0, 0.1) is 5.92 Å². The highest BCUT2D eigenvalue weighted by Gasteiger charge is 2.27. The van der Waals surface area contributed by atoms with Gasteiger partial charge in [0.2, 0.25) is 0 Å². The topological polar surface area (TPSA) is 58.6 Å². The number of carbonyl (C=O) groups is 1. The molecule has 0 saturated heterocycles. The maximum atomic E-state index is 11.3. The molecule has 2 unspecified atom stereocenters. The van der Waals surface area contributed by atoms with Crippen LogP contribution in [0.2, 0.25) is 0 Å². The van der Waals surface area contributed by atoms with E-state index in [2.05, 4.69) is 22.8 Å². The molecule has 3 rings (SSSR count). The van der Waals surface area contributed by atoms with Gasteiger partial charge < -0.3 is 15.2 Å². The van der Waals surface area contributed by atoms with E-state index < -0.39 is 6.10 Å². The molecule has 1 aromatic carbocycles. The number of carbonyl (C=O) groups excluding carboxylic acids is 1. The Morgan fingerprint density at radius 3 is 2.56 bits per heavy atom. The van der Waals surface area contributed by atoms with Gasteiger partial charge in [-0.2, -0.15) is 0 Å². The number of halogens is 1. The maximum Gasteiger partial charge on any atom is 0.159 e. The van der Waals surface area contributed by atoms with Gasteiger partial charge in [0.25, 0.3) is 0 Å². The quantitative estimate of drug-likeness (QED) is 0.592. The Labute approximate surface area is 171 Å². The molecule has 1 heterocycles. The van der Waals surface area contributed by atoms with Crippen LogP contribution in [0.25, 0.3) is 0 Å². The van der Waals surface area contributed by atoms with Gasteiger partial charge in [-0.15, -0.1) is 23.7 Å². The molecule has 6 heteroatoms. The highest BCUT2D eigenvalue weighted by molar-refractivity contribution is 7.10. The number of aliphatic hydroxyl groups is 1. The number of rotatable bonds is 9. The van der Waals surface area contributed by atoms with Crippen molar-refractivity contribution in [2.45, 2.75) is 44.8 Å². The molecule has 27 heavy (non-hydrogen) atoms. The highest BCUT2D eigenvalue weighted by Crippen LogP contribution is 2.37. The van der Waals surface area contributed by atoms with Gasteiger partial charge in [0, 0.05) is 23.0 Å². The first-order chi connectivity index (χ1) is 12.6. The van der Waals surface area contributed by atoms with Gasteiger partial charge in [0.1, 0.15) is 18.5 Å². The van der Waals surface area contributed by atoms with Crippen molar-refractivity contribution < 1.29 is 14.6 Å². The van der Waals surface area contributed by atoms with Crippen molar-refractivity contribution in [3.8, 4) is 5.75 Å². The van der Waals surface area contributed by atoms with Crippen molar-refractivity contribution >= 4 is 29.5 Å². The van der Waals surface area contributed by atoms with Crippen LogP contribution in [0.4, 0.5) is 0 Å². The van der Waals surface area contributed by atoms with Gasteiger partial charge in [0.05, 0.1) is 0 Å². The number of nitrogens with one attached hydrogen (secondary N) is 1. The summed E-state index contributed by atoms with van der Waals surface area (Å²) in [4.78, 5) is 12.6. The summed E-state index contributed by atoms with van der Waals surface area (Å²) in [6, 6.07) is 11.6. The molecule has 2 atom stereocenters. The molecule has 148 valence electrons. The van der Waals surface area contributed by atoms with Crippen LogP contribution in [0.3, 0.4) is 0 Å². The van der Waals surface area contributed by atoms with E-state index in [0.717, 1.165) is 0 Å². The van der Waals surface area contributed by atoms with Gasteiger partial charge >= 0.3 is 0 Å². The zero-order valence-electron chi connectivity index (χ0n) is 15.6. The van der Waals surface area contributed by atoms with Gasteiger partial charge in [-0.3, -0.25) is 4.79 Å². The van der Waals surface area contributed by atoms with Crippen molar-refractivity contribution in [2.75, 3.05) is 13.2 Å². The summed E-state index contributed by atoms with van der Waals surface area (Å²) in [5.74, 6) is 1.35. The molecule has 1 aliphatic carbocycles. The van der Waals surface area contributed by atoms with Crippen LogP contribution in [-0.4, -0.2) is 30.1 Å². The summed E-state index contributed by atoms with van der Waals surface area (Å²) in [7, 11) is 0. The number of hydrogen-bond acceptors (Lipinski definition) is 5. The summed E-state index contributed by atoms with van der Waals surface area (Å²) in [5.41, 5.74) is 0.662. The molecule has 1 saturated carbocycles. The molecule has 0 bridgehead atoms. The maximum absolute atomic E-state index is 11.3. The average Bonchev–Trinajstić information content (AvgIpc) is 3.35. The Morgan fingerprint density at radius 1 is 1.26 bits per heavy atom. The predicted molar refractivity (Wildman–Crippen MR) is 112 cm³/mol. The van der Waals surface area contributed by atoms with Crippen LogP contribution in [0.1, 0.15) is 53.9 Å².